The third-order valence-electron chi connectivity index (χ3n) is 4.20. The molecule has 3 atom stereocenters. The molecule has 17 heavy (non-hydrogen) atoms. The first-order valence-corrected chi connectivity index (χ1v) is 6.13. The van der Waals surface area contributed by atoms with Gasteiger partial charge in [-0.15, -0.1) is 0 Å². The van der Waals surface area contributed by atoms with Gasteiger partial charge < -0.3 is 0 Å². The minimum atomic E-state index is 0.124. The molecule has 0 saturated heterocycles. The van der Waals surface area contributed by atoms with Crippen LogP contribution >= 0.6 is 0 Å². The summed E-state index contributed by atoms with van der Waals surface area (Å²) in [5, 5.41) is 1.37. The number of fused-ring (bicyclic) bond motifs is 3. The Hall–Kier alpha value is -1.35. The van der Waals surface area contributed by atoms with Crippen molar-refractivity contribution >= 4 is 5.91 Å². The maximum Gasteiger partial charge on any atom is 0.249 e. The number of carbonyl (C=O) groups excluding carboxylic acids is 1. The lowest BCUT2D eigenvalue weighted by atomic mass is 9.92. The van der Waals surface area contributed by atoms with Crippen LogP contribution in [0.1, 0.15) is 23.5 Å². The van der Waals surface area contributed by atoms with Gasteiger partial charge in [0, 0.05) is 7.05 Å². The number of nitrogens with zero attached hydrogens (tertiary/aromatic N) is 1. The van der Waals surface area contributed by atoms with Gasteiger partial charge >= 0.3 is 0 Å². The molecule has 0 N–H and O–H groups in total. The number of hydrogen-bond donors (Lipinski definition) is 0. The quantitative estimate of drug-likeness (QED) is 0.728. The highest BCUT2D eigenvalue weighted by Gasteiger charge is 2.57. The van der Waals surface area contributed by atoms with Crippen LogP contribution in [0.25, 0.3) is 0 Å². The Morgan fingerprint density at radius 1 is 1.41 bits per heavy atom. The van der Waals surface area contributed by atoms with Gasteiger partial charge in [-0.3, -0.25) is 9.63 Å². The second-order valence-electron chi connectivity index (χ2n) is 4.97. The summed E-state index contributed by atoms with van der Waals surface area (Å²) in [6.45, 7) is 0. The summed E-state index contributed by atoms with van der Waals surface area (Å²) >= 11 is 0. The molecule has 2 aliphatic carbocycles. The van der Waals surface area contributed by atoms with Crippen LogP contribution in [-0.4, -0.2) is 25.1 Å². The Morgan fingerprint density at radius 2 is 2.18 bits per heavy atom. The average molecular weight is 231 g/mol. The third-order valence-corrected chi connectivity index (χ3v) is 4.20. The fourth-order valence-electron chi connectivity index (χ4n) is 3.20. The SMILES string of the molecule is CON(C)C(=O)C1C2CCc3ccccc3C21. The molecule has 1 amide bonds. The minimum absolute atomic E-state index is 0.124. The summed E-state index contributed by atoms with van der Waals surface area (Å²) in [5.74, 6) is 1.24. The molecule has 1 saturated carbocycles. The number of benzene rings is 1. The van der Waals surface area contributed by atoms with Crippen LogP contribution in [0.3, 0.4) is 0 Å². The van der Waals surface area contributed by atoms with Gasteiger partial charge in [-0.25, -0.2) is 5.06 Å². The van der Waals surface area contributed by atoms with Crippen molar-refractivity contribution in [3.63, 3.8) is 0 Å². The van der Waals surface area contributed by atoms with Crippen LogP contribution in [0.4, 0.5) is 0 Å². The van der Waals surface area contributed by atoms with Crippen molar-refractivity contribution in [2.75, 3.05) is 14.2 Å². The number of rotatable bonds is 2. The van der Waals surface area contributed by atoms with Gasteiger partial charge in [-0.2, -0.15) is 0 Å². The van der Waals surface area contributed by atoms with Gasteiger partial charge in [-0.05, 0) is 35.8 Å². The molecule has 1 fully saturated rings. The Balaban J connectivity index is 1.85. The zero-order chi connectivity index (χ0) is 12.0. The van der Waals surface area contributed by atoms with Crippen molar-refractivity contribution in [1.29, 1.82) is 0 Å². The third kappa shape index (κ3) is 1.57. The molecule has 3 rings (SSSR count). The fourth-order valence-corrected chi connectivity index (χ4v) is 3.20. The van der Waals surface area contributed by atoms with Gasteiger partial charge in [0.15, 0.2) is 0 Å². The summed E-state index contributed by atoms with van der Waals surface area (Å²) < 4.78 is 0. The van der Waals surface area contributed by atoms with Crippen molar-refractivity contribution in [2.45, 2.75) is 18.8 Å². The summed E-state index contributed by atoms with van der Waals surface area (Å²) in [4.78, 5) is 17.1. The molecule has 1 aromatic rings. The predicted octanol–water partition coefficient (Wildman–Crippen LogP) is 1.98. The van der Waals surface area contributed by atoms with Crippen LogP contribution < -0.4 is 0 Å². The molecule has 0 aliphatic heterocycles. The monoisotopic (exact) mass is 231 g/mol. The van der Waals surface area contributed by atoms with Crippen LogP contribution in [0, 0.1) is 11.8 Å². The van der Waals surface area contributed by atoms with Crippen LogP contribution in [0.5, 0.6) is 0 Å². The maximum absolute atomic E-state index is 12.1. The lowest BCUT2D eigenvalue weighted by Gasteiger charge is -2.14. The molecule has 0 spiro atoms. The molecular formula is C14H17NO2. The Bertz CT molecular complexity index is 457. The van der Waals surface area contributed by atoms with Crippen molar-refractivity contribution in [2.24, 2.45) is 11.8 Å². The molecule has 0 bridgehead atoms. The molecule has 1 aromatic carbocycles. The zero-order valence-electron chi connectivity index (χ0n) is 10.2. The number of hydrogen-bond acceptors (Lipinski definition) is 2. The number of aryl methyl sites for hydroxylation is 1. The first kappa shape index (κ1) is 10.8. The van der Waals surface area contributed by atoms with Crippen LogP contribution in [0.2, 0.25) is 0 Å². The van der Waals surface area contributed by atoms with E-state index in [9.17, 15) is 4.79 Å². The molecule has 90 valence electrons. The average Bonchev–Trinajstić information content (AvgIpc) is 3.11. The van der Waals surface area contributed by atoms with E-state index in [1.807, 2.05) is 0 Å². The molecular weight excluding hydrogens is 214 g/mol. The second-order valence-corrected chi connectivity index (χ2v) is 4.97. The minimum Gasteiger partial charge on any atom is -0.275 e. The Kier molecular flexibility index (Phi) is 2.44. The predicted molar refractivity (Wildman–Crippen MR) is 64.3 cm³/mol. The second kappa shape index (κ2) is 3.84. The molecule has 3 nitrogen and oxygen atoms in total. The van der Waals surface area contributed by atoms with Gasteiger partial charge in [0.05, 0.1) is 13.0 Å². The van der Waals surface area contributed by atoms with Crippen molar-refractivity contribution < 1.29 is 9.63 Å². The standard InChI is InChI=1S/C14H17NO2/c1-15(17-2)14(16)13-11-8-7-9-5-3-4-6-10(9)12(11)13/h3-6,11-13H,7-8H2,1-2H3. The molecule has 3 unspecified atom stereocenters. The number of hydroxylamine groups is 2. The zero-order valence-corrected chi connectivity index (χ0v) is 10.2. The van der Waals surface area contributed by atoms with Gasteiger partial charge in [0.1, 0.15) is 0 Å². The van der Waals surface area contributed by atoms with Crippen molar-refractivity contribution in [1.82, 2.24) is 5.06 Å². The normalized spacial score (nSPS) is 29.2. The van der Waals surface area contributed by atoms with E-state index in [4.69, 9.17) is 4.84 Å². The topological polar surface area (TPSA) is 29.5 Å². The maximum atomic E-state index is 12.1. The van der Waals surface area contributed by atoms with Crippen molar-refractivity contribution in [3.8, 4) is 0 Å². The summed E-state index contributed by atoms with van der Waals surface area (Å²) in [6.07, 6.45) is 2.24. The van der Waals surface area contributed by atoms with E-state index in [0.717, 1.165) is 12.8 Å². The lowest BCUT2D eigenvalue weighted by Crippen LogP contribution is -2.27. The highest BCUT2D eigenvalue weighted by Crippen LogP contribution is 2.60. The van der Waals surface area contributed by atoms with E-state index in [1.165, 1.54) is 23.3 Å². The van der Waals surface area contributed by atoms with E-state index in [2.05, 4.69) is 24.3 Å². The smallest absolute Gasteiger partial charge is 0.249 e. The van der Waals surface area contributed by atoms with E-state index in [0.29, 0.717) is 11.8 Å². The van der Waals surface area contributed by atoms with E-state index < -0.39 is 0 Å². The summed E-state index contributed by atoms with van der Waals surface area (Å²) in [7, 11) is 3.23. The number of carbonyl (C=O) groups is 1. The van der Waals surface area contributed by atoms with Gasteiger partial charge in [-0.1, -0.05) is 24.3 Å². The number of amides is 1. The lowest BCUT2D eigenvalue weighted by molar-refractivity contribution is -0.170. The Morgan fingerprint density at radius 3 is 2.94 bits per heavy atom. The summed E-state index contributed by atoms with van der Waals surface area (Å²) in [6, 6.07) is 8.51. The van der Waals surface area contributed by atoms with E-state index in [-0.39, 0.29) is 11.8 Å². The van der Waals surface area contributed by atoms with Gasteiger partial charge in [0.25, 0.3) is 0 Å². The summed E-state index contributed by atoms with van der Waals surface area (Å²) in [5.41, 5.74) is 2.80. The van der Waals surface area contributed by atoms with E-state index in [1.54, 1.807) is 7.05 Å². The highest BCUT2D eigenvalue weighted by atomic mass is 16.7. The van der Waals surface area contributed by atoms with Gasteiger partial charge in [0.2, 0.25) is 5.91 Å². The fraction of sp³-hybridized carbons (Fsp3) is 0.500. The molecule has 0 aromatic heterocycles. The van der Waals surface area contributed by atoms with Crippen LogP contribution in [-0.2, 0) is 16.1 Å². The molecule has 3 heteroatoms. The Labute approximate surface area is 101 Å². The highest BCUT2D eigenvalue weighted by molar-refractivity contribution is 5.83. The van der Waals surface area contributed by atoms with Crippen molar-refractivity contribution in [3.05, 3.63) is 35.4 Å². The van der Waals surface area contributed by atoms with E-state index >= 15 is 0 Å². The first-order chi connectivity index (χ1) is 8.24. The van der Waals surface area contributed by atoms with Crippen LogP contribution in [0.15, 0.2) is 24.3 Å². The first-order valence-electron chi connectivity index (χ1n) is 6.13. The molecule has 0 radical (unpaired) electrons. The molecule has 0 heterocycles. The largest absolute Gasteiger partial charge is 0.275 e. The molecule has 2 aliphatic rings.